The monoisotopic (exact) mass is 384 g/mol. The summed E-state index contributed by atoms with van der Waals surface area (Å²) in [4.78, 5) is 13.4. The number of halogens is 1. The van der Waals surface area contributed by atoms with E-state index >= 15 is 0 Å². The molecule has 0 radical (unpaired) electrons. The van der Waals surface area contributed by atoms with Gasteiger partial charge in [-0.25, -0.2) is 0 Å². The minimum atomic E-state index is -0.655. The Balaban J connectivity index is 1.64. The van der Waals surface area contributed by atoms with E-state index in [-0.39, 0.29) is 11.9 Å². The first-order chi connectivity index (χ1) is 13.1. The lowest BCUT2D eigenvalue weighted by Gasteiger charge is -2.37. The van der Waals surface area contributed by atoms with Gasteiger partial charge in [0.15, 0.2) is 11.5 Å². The number of carbonyl (C=O) groups is 1. The van der Waals surface area contributed by atoms with Crippen molar-refractivity contribution in [1.82, 2.24) is 19.9 Å². The summed E-state index contributed by atoms with van der Waals surface area (Å²) in [7, 11) is 0. The SMILES string of the molecule is CC(NC(=O)C1(c2cccc(Cl)c2)CCOCC1)c1nnc2ccccn12. The van der Waals surface area contributed by atoms with E-state index in [0.717, 1.165) is 11.2 Å². The van der Waals surface area contributed by atoms with Gasteiger partial charge in [-0.2, -0.15) is 0 Å². The standard InChI is InChI=1S/C20H21ClN4O2/c1-14(18-24-23-17-7-2-3-10-25(17)18)22-19(26)20(8-11-27-12-9-20)15-5-4-6-16(21)13-15/h2-7,10,13-14H,8-9,11-12H2,1H3,(H,22,26). The van der Waals surface area contributed by atoms with Crippen LogP contribution in [0.2, 0.25) is 5.02 Å². The third kappa shape index (κ3) is 3.31. The van der Waals surface area contributed by atoms with Crippen molar-refractivity contribution >= 4 is 23.2 Å². The number of fused-ring (bicyclic) bond motifs is 1. The summed E-state index contributed by atoms with van der Waals surface area (Å²) in [5, 5.41) is 12.2. The van der Waals surface area contributed by atoms with Crippen LogP contribution in [0.1, 0.15) is 37.2 Å². The van der Waals surface area contributed by atoms with Crippen LogP contribution < -0.4 is 5.32 Å². The second-order valence-corrected chi connectivity index (χ2v) is 7.32. The molecule has 1 fully saturated rings. The highest BCUT2D eigenvalue weighted by molar-refractivity contribution is 6.30. The minimum absolute atomic E-state index is 0.0340. The van der Waals surface area contributed by atoms with Crippen LogP contribution in [0.15, 0.2) is 48.7 Å². The summed E-state index contributed by atoms with van der Waals surface area (Å²) >= 11 is 6.20. The molecule has 1 saturated heterocycles. The molecule has 0 saturated carbocycles. The molecule has 27 heavy (non-hydrogen) atoms. The first-order valence-electron chi connectivity index (χ1n) is 9.04. The second-order valence-electron chi connectivity index (χ2n) is 6.89. The van der Waals surface area contributed by atoms with Gasteiger partial charge in [-0.15, -0.1) is 10.2 Å². The average molecular weight is 385 g/mol. The zero-order chi connectivity index (χ0) is 18.9. The summed E-state index contributed by atoms with van der Waals surface area (Å²) in [6.45, 7) is 3.01. The van der Waals surface area contributed by atoms with Crippen LogP contribution in [-0.2, 0) is 14.9 Å². The van der Waals surface area contributed by atoms with Gasteiger partial charge in [0.05, 0.1) is 11.5 Å². The van der Waals surface area contributed by atoms with Gasteiger partial charge in [0.25, 0.3) is 0 Å². The van der Waals surface area contributed by atoms with Gasteiger partial charge >= 0.3 is 0 Å². The lowest BCUT2D eigenvalue weighted by Crippen LogP contribution is -2.48. The maximum atomic E-state index is 13.4. The molecule has 1 aliphatic heterocycles. The molecule has 1 aliphatic rings. The third-order valence-electron chi connectivity index (χ3n) is 5.23. The largest absolute Gasteiger partial charge is 0.381 e. The van der Waals surface area contributed by atoms with Crippen LogP contribution >= 0.6 is 11.6 Å². The fourth-order valence-corrected chi connectivity index (χ4v) is 3.90. The highest BCUT2D eigenvalue weighted by Crippen LogP contribution is 2.36. The predicted molar refractivity (Wildman–Crippen MR) is 103 cm³/mol. The van der Waals surface area contributed by atoms with Gasteiger partial charge in [-0.05, 0) is 49.6 Å². The summed E-state index contributed by atoms with van der Waals surface area (Å²) in [6, 6.07) is 13.0. The molecule has 7 heteroatoms. The summed E-state index contributed by atoms with van der Waals surface area (Å²) in [5.74, 6) is 0.667. The number of nitrogens with one attached hydrogen (secondary N) is 1. The first kappa shape index (κ1) is 17.9. The maximum Gasteiger partial charge on any atom is 0.231 e. The lowest BCUT2D eigenvalue weighted by molar-refractivity contribution is -0.131. The van der Waals surface area contributed by atoms with E-state index in [9.17, 15) is 4.79 Å². The van der Waals surface area contributed by atoms with Gasteiger partial charge < -0.3 is 10.1 Å². The van der Waals surface area contributed by atoms with Gasteiger partial charge in [0.2, 0.25) is 5.91 Å². The van der Waals surface area contributed by atoms with Gasteiger partial charge in [0, 0.05) is 24.4 Å². The van der Waals surface area contributed by atoms with E-state index in [1.165, 1.54) is 0 Å². The smallest absolute Gasteiger partial charge is 0.231 e. The number of hydrogen-bond donors (Lipinski definition) is 1. The summed E-state index contributed by atoms with van der Waals surface area (Å²) in [6.07, 6.45) is 3.13. The van der Waals surface area contributed by atoms with E-state index in [0.29, 0.717) is 36.9 Å². The van der Waals surface area contributed by atoms with Gasteiger partial charge in [0.1, 0.15) is 0 Å². The number of ether oxygens (including phenoxy) is 1. The van der Waals surface area contributed by atoms with Gasteiger partial charge in [-0.1, -0.05) is 29.8 Å². The van der Waals surface area contributed by atoms with Crippen molar-refractivity contribution < 1.29 is 9.53 Å². The van der Waals surface area contributed by atoms with Crippen molar-refractivity contribution in [2.24, 2.45) is 0 Å². The fraction of sp³-hybridized carbons (Fsp3) is 0.350. The Hall–Kier alpha value is -2.44. The Labute approximate surface area is 162 Å². The van der Waals surface area contributed by atoms with E-state index in [1.54, 1.807) is 0 Å². The normalized spacial score (nSPS) is 17.6. The molecule has 6 nitrogen and oxygen atoms in total. The first-order valence-corrected chi connectivity index (χ1v) is 9.42. The van der Waals surface area contributed by atoms with Crippen LogP contribution in [0.4, 0.5) is 0 Å². The number of pyridine rings is 1. The highest BCUT2D eigenvalue weighted by atomic mass is 35.5. The number of rotatable bonds is 4. The molecule has 1 atom stereocenters. The molecule has 3 heterocycles. The number of carbonyl (C=O) groups excluding carboxylic acids is 1. The van der Waals surface area contributed by atoms with Crippen LogP contribution in [0.25, 0.3) is 5.65 Å². The zero-order valence-corrected chi connectivity index (χ0v) is 15.8. The minimum Gasteiger partial charge on any atom is -0.381 e. The number of aromatic nitrogens is 3. The molecule has 0 aliphatic carbocycles. The van der Waals surface area contributed by atoms with Crippen LogP contribution in [0.3, 0.4) is 0 Å². The second kappa shape index (κ2) is 7.29. The van der Waals surface area contributed by atoms with Crippen molar-refractivity contribution in [2.75, 3.05) is 13.2 Å². The van der Waals surface area contributed by atoms with Crippen molar-refractivity contribution in [2.45, 2.75) is 31.2 Å². The third-order valence-corrected chi connectivity index (χ3v) is 5.47. The maximum absolute atomic E-state index is 13.4. The molecule has 1 amide bonds. The molecule has 1 aromatic carbocycles. The van der Waals surface area contributed by atoms with Crippen molar-refractivity contribution in [3.05, 3.63) is 65.1 Å². The van der Waals surface area contributed by atoms with Crippen LogP contribution in [-0.4, -0.2) is 33.7 Å². The fourth-order valence-electron chi connectivity index (χ4n) is 3.71. The molecule has 140 valence electrons. The van der Waals surface area contributed by atoms with Crippen LogP contribution in [0.5, 0.6) is 0 Å². The van der Waals surface area contributed by atoms with E-state index in [2.05, 4.69) is 15.5 Å². The molecule has 0 bridgehead atoms. The molecular formula is C20H21ClN4O2. The predicted octanol–water partition coefficient (Wildman–Crippen LogP) is 3.31. The summed E-state index contributed by atoms with van der Waals surface area (Å²) in [5.41, 5.74) is 1.02. The summed E-state index contributed by atoms with van der Waals surface area (Å²) < 4.78 is 7.41. The topological polar surface area (TPSA) is 68.5 Å². The number of amides is 1. The van der Waals surface area contributed by atoms with Crippen molar-refractivity contribution in [3.63, 3.8) is 0 Å². The Bertz CT molecular complexity index is 965. The Morgan fingerprint density at radius 2 is 2.04 bits per heavy atom. The molecule has 3 aromatic rings. The van der Waals surface area contributed by atoms with Crippen molar-refractivity contribution in [3.8, 4) is 0 Å². The van der Waals surface area contributed by atoms with Gasteiger partial charge in [-0.3, -0.25) is 9.20 Å². The molecule has 0 spiro atoms. The molecular weight excluding hydrogens is 364 g/mol. The Kier molecular flexibility index (Phi) is 4.85. The number of benzene rings is 1. The van der Waals surface area contributed by atoms with Crippen LogP contribution in [0, 0.1) is 0 Å². The molecule has 1 unspecified atom stereocenters. The lowest BCUT2D eigenvalue weighted by atomic mass is 9.73. The van der Waals surface area contributed by atoms with E-state index in [4.69, 9.17) is 16.3 Å². The Morgan fingerprint density at radius 1 is 1.22 bits per heavy atom. The average Bonchev–Trinajstić information content (AvgIpc) is 3.13. The number of hydrogen-bond acceptors (Lipinski definition) is 4. The molecule has 2 aromatic heterocycles. The van der Waals surface area contributed by atoms with Crippen molar-refractivity contribution in [1.29, 1.82) is 0 Å². The highest BCUT2D eigenvalue weighted by Gasteiger charge is 2.42. The zero-order valence-electron chi connectivity index (χ0n) is 15.1. The molecule has 1 N–H and O–H groups in total. The Morgan fingerprint density at radius 3 is 2.81 bits per heavy atom. The van der Waals surface area contributed by atoms with E-state index in [1.807, 2.05) is 60.0 Å². The van der Waals surface area contributed by atoms with E-state index < -0.39 is 5.41 Å². The molecule has 4 rings (SSSR count). The number of nitrogens with zero attached hydrogens (tertiary/aromatic N) is 3. The quantitative estimate of drug-likeness (QED) is 0.749.